The molecule has 0 bridgehead atoms. The number of amides is 1. The van der Waals surface area contributed by atoms with Crippen LogP contribution in [0.5, 0.6) is 5.75 Å². The molecule has 1 aliphatic carbocycles. The molecule has 0 aliphatic heterocycles. The van der Waals surface area contributed by atoms with Crippen molar-refractivity contribution in [3.8, 4) is 5.75 Å². The van der Waals surface area contributed by atoms with Gasteiger partial charge in [0.15, 0.2) is 0 Å². The Kier molecular flexibility index (Phi) is 4.47. The van der Waals surface area contributed by atoms with E-state index in [0.29, 0.717) is 24.2 Å². The van der Waals surface area contributed by atoms with Gasteiger partial charge < -0.3 is 15.2 Å². The Morgan fingerprint density at radius 2 is 1.92 bits per heavy atom. The lowest BCUT2D eigenvalue weighted by Crippen LogP contribution is -2.45. The lowest BCUT2D eigenvalue weighted by Gasteiger charge is -2.26. The summed E-state index contributed by atoms with van der Waals surface area (Å²) in [6.07, 6.45) is 1.04. The van der Waals surface area contributed by atoms with Crippen LogP contribution in [-0.4, -0.2) is 24.7 Å². The normalized spacial score (nSPS) is 19.4. The molecule has 132 valence electrons. The number of carbonyl (C=O) groups is 1. The fraction of sp³-hybridized carbons (Fsp3) is 0.316. The molecule has 0 saturated carbocycles. The number of aryl methyl sites for hydroxylation is 1. The van der Waals surface area contributed by atoms with Gasteiger partial charge in [0.25, 0.3) is 5.91 Å². The molecule has 1 aliphatic rings. The quantitative estimate of drug-likeness (QED) is 0.874. The van der Waals surface area contributed by atoms with E-state index in [9.17, 15) is 18.7 Å². The first-order valence-electron chi connectivity index (χ1n) is 7.98. The Bertz CT molecular complexity index is 776. The van der Waals surface area contributed by atoms with E-state index in [1.807, 2.05) is 12.1 Å². The van der Waals surface area contributed by atoms with Crippen molar-refractivity contribution in [1.82, 2.24) is 5.32 Å². The summed E-state index contributed by atoms with van der Waals surface area (Å²) in [6, 6.07) is 12.3. The van der Waals surface area contributed by atoms with Crippen molar-refractivity contribution in [2.45, 2.75) is 24.4 Å². The molecule has 0 fully saturated rings. The minimum Gasteiger partial charge on any atom is -0.497 e. The van der Waals surface area contributed by atoms with Crippen LogP contribution in [0.25, 0.3) is 0 Å². The van der Waals surface area contributed by atoms with E-state index in [0.717, 1.165) is 17.7 Å². The summed E-state index contributed by atoms with van der Waals surface area (Å²) < 4.78 is 33.6. The Morgan fingerprint density at radius 3 is 2.60 bits per heavy atom. The largest absolute Gasteiger partial charge is 0.497 e. The average molecular weight is 347 g/mol. The van der Waals surface area contributed by atoms with Gasteiger partial charge in [0.05, 0.1) is 13.7 Å². The van der Waals surface area contributed by atoms with Gasteiger partial charge in [0, 0.05) is 5.56 Å². The molecule has 2 aromatic carbocycles. The number of aliphatic hydroxyl groups is 1. The van der Waals surface area contributed by atoms with Crippen LogP contribution in [0.2, 0.25) is 0 Å². The molecule has 6 heteroatoms. The number of hydrogen-bond acceptors (Lipinski definition) is 3. The predicted octanol–water partition coefficient (Wildman–Crippen LogP) is 2.74. The first kappa shape index (κ1) is 17.4. The molecular weight excluding hydrogens is 328 g/mol. The first-order valence-corrected chi connectivity index (χ1v) is 7.98. The number of ether oxygens (including phenoxy) is 1. The highest BCUT2D eigenvalue weighted by Crippen LogP contribution is 2.36. The highest BCUT2D eigenvalue weighted by atomic mass is 19.3. The van der Waals surface area contributed by atoms with Crippen molar-refractivity contribution < 1.29 is 23.4 Å². The van der Waals surface area contributed by atoms with Crippen molar-refractivity contribution in [1.29, 1.82) is 0 Å². The second kappa shape index (κ2) is 6.44. The van der Waals surface area contributed by atoms with Crippen LogP contribution in [0.3, 0.4) is 0 Å². The molecule has 1 amide bonds. The molecule has 4 nitrogen and oxygen atoms in total. The molecule has 0 aromatic heterocycles. The molecule has 0 radical (unpaired) electrons. The SMILES string of the molecule is COc1ccc(C(F)(F)C(=O)NCC2(O)CCc3ccccc32)cc1. The van der Waals surface area contributed by atoms with Gasteiger partial charge in [-0.1, -0.05) is 24.3 Å². The molecule has 0 saturated heterocycles. The lowest BCUT2D eigenvalue weighted by atomic mass is 9.95. The van der Waals surface area contributed by atoms with Gasteiger partial charge in [0.2, 0.25) is 0 Å². The zero-order valence-corrected chi connectivity index (χ0v) is 13.8. The summed E-state index contributed by atoms with van der Waals surface area (Å²) in [4.78, 5) is 12.0. The van der Waals surface area contributed by atoms with E-state index in [2.05, 4.69) is 5.32 Å². The number of benzene rings is 2. The number of methoxy groups -OCH3 is 1. The van der Waals surface area contributed by atoms with Gasteiger partial charge in [0.1, 0.15) is 11.4 Å². The molecule has 2 aromatic rings. The van der Waals surface area contributed by atoms with E-state index >= 15 is 0 Å². The third-order valence-electron chi connectivity index (χ3n) is 4.61. The van der Waals surface area contributed by atoms with E-state index in [-0.39, 0.29) is 6.54 Å². The summed E-state index contributed by atoms with van der Waals surface area (Å²) in [5.41, 5.74) is -0.0868. The second-order valence-electron chi connectivity index (χ2n) is 6.17. The van der Waals surface area contributed by atoms with Crippen LogP contribution in [0.1, 0.15) is 23.1 Å². The summed E-state index contributed by atoms with van der Waals surface area (Å²) in [5.74, 6) is -4.70. The van der Waals surface area contributed by atoms with Crippen molar-refractivity contribution in [2.24, 2.45) is 0 Å². The van der Waals surface area contributed by atoms with Gasteiger partial charge >= 0.3 is 5.92 Å². The van der Waals surface area contributed by atoms with Crippen molar-refractivity contribution in [3.05, 3.63) is 65.2 Å². The van der Waals surface area contributed by atoms with Crippen molar-refractivity contribution in [3.63, 3.8) is 0 Å². The highest BCUT2D eigenvalue weighted by molar-refractivity contribution is 5.84. The monoisotopic (exact) mass is 347 g/mol. The maximum Gasteiger partial charge on any atom is 0.349 e. The smallest absolute Gasteiger partial charge is 0.349 e. The van der Waals surface area contributed by atoms with Gasteiger partial charge in [-0.2, -0.15) is 8.78 Å². The van der Waals surface area contributed by atoms with Gasteiger partial charge in [-0.15, -0.1) is 0 Å². The number of halogens is 2. The number of nitrogens with one attached hydrogen (secondary N) is 1. The lowest BCUT2D eigenvalue weighted by molar-refractivity contribution is -0.148. The zero-order chi connectivity index (χ0) is 18.1. The maximum absolute atomic E-state index is 14.3. The number of fused-ring (bicyclic) bond motifs is 1. The number of hydrogen-bond donors (Lipinski definition) is 2. The first-order chi connectivity index (χ1) is 11.9. The summed E-state index contributed by atoms with van der Waals surface area (Å²) in [6.45, 7) is -0.255. The minimum atomic E-state index is -3.69. The van der Waals surface area contributed by atoms with Gasteiger partial charge in [-0.25, -0.2) is 0 Å². The Balaban J connectivity index is 1.71. The van der Waals surface area contributed by atoms with Crippen LogP contribution in [-0.2, 0) is 22.7 Å². The van der Waals surface area contributed by atoms with Crippen LogP contribution < -0.4 is 10.1 Å². The molecule has 0 heterocycles. The molecule has 3 rings (SSSR count). The van der Waals surface area contributed by atoms with Crippen LogP contribution in [0.4, 0.5) is 8.78 Å². The van der Waals surface area contributed by atoms with Gasteiger partial charge in [-0.3, -0.25) is 4.79 Å². The number of rotatable bonds is 5. The standard InChI is InChI=1S/C19H19F2NO3/c1-25-15-8-6-14(7-9-15)19(20,21)17(23)22-12-18(24)11-10-13-4-2-3-5-16(13)18/h2-9,24H,10-12H2,1H3,(H,22,23). The summed E-state index contributed by atoms with van der Waals surface area (Å²) >= 11 is 0. The van der Waals surface area contributed by atoms with Crippen LogP contribution in [0, 0.1) is 0 Å². The van der Waals surface area contributed by atoms with E-state index in [1.54, 1.807) is 12.1 Å². The molecule has 1 atom stereocenters. The van der Waals surface area contributed by atoms with E-state index < -0.39 is 23.0 Å². The van der Waals surface area contributed by atoms with E-state index in [4.69, 9.17) is 4.74 Å². The fourth-order valence-electron chi connectivity index (χ4n) is 3.12. The Morgan fingerprint density at radius 1 is 1.24 bits per heavy atom. The molecular formula is C19H19F2NO3. The number of alkyl halides is 2. The van der Waals surface area contributed by atoms with Crippen molar-refractivity contribution >= 4 is 5.91 Å². The zero-order valence-electron chi connectivity index (χ0n) is 13.8. The molecule has 25 heavy (non-hydrogen) atoms. The predicted molar refractivity (Wildman–Crippen MR) is 88.6 cm³/mol. The fourth-order valence-corrected chi connectivity index (χ4v) is 3.12. The van der Waals surface area contributed by atoms with Crippen LogP contribution in [0.15, 0.2) is 48.5 Å². The Hall–Kier alpha value is -2.47. The second-order valence-corrected chi connectivity index (χ2v) is 6.17. The molecule has 2 N–H and O–H groups in total. The highest BCUT2D eigenvalue weighted by Gasteiger charge is 2.43. The minimum absolute atomic E-state index is 0.255. The summed E-state index contributed by atoms with van der Waals surface area (Å²) in [7, 11) is 1.43. The number of carbonyl (C=O) groups excluding carboxylic acids is 1. The maximum atomic E-state index is 14.3. The average Bonchev–Trinajstić information content (AvgIpc) is 2.97. The topological polar surface area (TPSA) is 58.6 Å². The molecule has 0 spiro atoms. The van der Waals surface area contributed by atoms with Gasteiger partial charge in [-0.05, 0) is 48.2 Å². The van der Waals surface area contributed by atoms with Crippen LogP contribution >= 0.6 is 0 Å². The third kappa shape index (κ3) is 3.22. The Labute approximate surface area is 144 Å². The molecule has 1 unspecified atom stereocenters. The van der Waals surface area contributed by atoms with Crippen molar-refractivity contribution in [2.75, 3.05) is 13.7 Å². The summed E-state index contributed by atoms with van der Waals surface area (Å²) in [5, 5.41) is 12.9. The van der Waals surface area contributed by atoms with E-state index in [1.165, 1.54) is 19.2 Å². The third-order valence-corrected chi connectivity index (χ3v) is 4.61.